The lowest BCUT2D eigenvalue weighted by molar-refractivity contribution is -0.879. The van der Waals surface area contributed by atoms with E-state index in [1.165, 1.54) is 29.9 Å². The SMILES string of the molecule is O=C(C[NH+]1CCCC1)N[C@H](c1ccc(F)cc1)c1cccs1. The summed E-state index contributed by atoms with van der Waals surface area (Å²) in [5.74, 6) is -0.207. The molecule has 1 aliphatic rings. The van der Waals surface area contributed by atoms with Crippen LogP contribution in [0.25, 0.3) is 0 Å². The number of hydrogen-bond acceptors (Lipinski definition) is 2. The van der Waals surface area contributed by atoms with E-state index < -0.39 is 0 Å². The Morgan fingerprint density at radius 2 is 1.95 bits per heavy atom. The Labute approximate surface area is 133 Å². The molecule has 2 heterocycles. The van der Waals surface area contributed by atoms with Gasteiger partial charge >= 0.3 is 0 Å². The van der Waals surface area contributed by atoms with Gasteiger partial charge in [-0.1, -0.05) is 18.2 Å². The summed E-state index contributed by atoms with van der Waals surface area (Å²) in [6.07, 6.45) is 2.41. The highest BCUT2D eigenvalue weighted by Crippen LogP contribution is 2.26. The monoisotopic (exact) mass is 319 g/mol. The van der Waals surface area contributed by atoms with Crippen molar-refractivity contribution < 1.29 is 14.1 Å². The number of nitrogens with one attached hydrogen (secondary N) is 2. The van der Waals surface area contributed by atoms with Crippen LogP contribution >= 0.6 is 11.3 Å². The van der Waals surface area contributed by atoms with Crippen molar-refractivity contribution in [3.8, 4) is 0 Å². The molecule has 2 N–H and O–H groups in total. The van der Waals surface area contributed by atoms with E-state index in [2.05, 4.69) is 5.32 Å². The largest absolute Gasteiger partial charge is 0.339 e. The summed E-state index contributed by atoms with van der Waals surface area (Å²) in [6, 6.07) is 10.1. The van der Waals surface area contributed by atoms with Gasteiger partial charge in [0.25, 0.3) is 5.91 Å². The zero-order valence-corrected chi connectivity index (χ0v) is 13.2. The number of benzene rings is 1. The van der Waals surface area contributed by atoms with Gasteiger partial charge in [0.05, 0.1) is 19.1 Å². The number of carbonyl (C=O) groups excluding carboxylic acids is 1. The highest BCUT2D eigenvalue weighted by Gasteiger charge is 2.23. The predicted octanol–water partition coefficient (Wildman–Crippen LogP) is 1.77. The Morgan fingerprint density at radius 3 is 2.59 bits per heavy atom. The molecule has 0 aliphatic carbocycles. The van der Waals surface area contributed by atoms with Gasteiger partial charge in [0, 0.05) is 17.7 Å². The summed E-state index contributed by atoms with van der Waals surface area (Å²) in [7, 11) is 0. The molecule has 1 atom stereocenters. The van der Waals surface area contributed by atoms with Gasteiger partial charge in [-0.15, -0.1) is 11.3 Å². The van der Waals surface area contributed by atoms with Gasteiger partial charge in [0.15, 0.2) is 6.54 Å². The molecule has 1 aromatic heterocycles. The third kappa shape index (κ3) is 3.72. The van der Waals surface area contributed by atoms with Gasteiger partial charge in [0.2, 0.25) is 0 Å². The van der Waals surface area contributed by atoms with Crippen molar-refractivity contribution in [2.24, 2.45) is 0 Å². The predicted molar refractivity (Wildman–Crippen MR) is 85.5 cm³/mol. The van der Waals surface area contributed by atoms with Crippen LogP contribution in [0.1, 0.15) is 29.3 Å². The van der Waals surface area contributed by atoms with Crippen LogP contribution in [0.4, 0.5) is 4.39 Å². The molecule has 1 aromatic carbocycles. The van der Waals surface area contributed by atoms with Crippen LogP contribution in [0.15, 0.2) is 41.8 Å². The minimum absolute atomic E-state index is 0.0552. The fourth-order valence-corrected chi connectivity index (χ4v) is 3.72. The fraction of sp³-hybridized carbons (Fsp3) is 0.353. The molecular weight excluding hydrogens is 299 g/mol. The van der Waals surface area contributed by atoms with Crippen LogP contribution in [-0.2, 0) is 4.79 Å². The van der Waals surface area contributed by atoms with Crippen molar-refractivity contribution in [3.05, 3.63) is 58.0 Å². The van der Waals surface area contributed by atoms with Gasteiger partial charge < -0.3 is 10.2 Å². The van der Waals surface area contributed by atoms with Crippen LogP contribution in [-0.4, -0.2) is 25.5 Å². The van der Waals surface area contributed by atoms with Gasteiger partial charge in [-0.3, -0.25) is 4.79 Å². The molecule has 1 amide bonds. The van der Waals surface area contributed by atoms with Gasteiger partial charge in [-0.2, -0.15) is 0 Å². The summed E-state index contributed by atoms with van der Waals surface area (Å²) in [4.78, 5) is 14.8. The molecule has 116 valence electrons. The van der Waals surface area contributed by atoms with E-state index >= 15 is 0 Å². The summed E-state index contributed by atoms with van der Waals surface area (Å²) in [5, 5.41) is 5.10. The number of carbonyl (C=O) groups is 1. The van der Waals surface area contributed by atoms with E-state index in [0.29, 0.717) is 6.54 Å². The normalized spacial score (nSPS) is 16.6. The maximum Gasteiger partial charge on any atom is 0.275 e. The molecule has 1 aliphatic heterocycles. The Morgan fingerprint density at radius 1 is 1.23 bits per heavy atom. The van der Waals surface area contributed by atoms with Crippen LogP contribution in [0.2, 0.25) is 0 Å². The standard InChI is InChI=1S/C17H19FN2OS/c18-14-7-5-13(6-8-14)17(15-4-3-11-22-15)19-16(21)12-20-9-1-2-10-20/h3-8,11,17H,1-2,9-10,12H2,(H,19,21)/p+1/t17-/m1/s1. The second kappa shape index (κ2) is 7.03. The Bertz CT molecular complexity index is 606. The average Bonchev–Trinajstić information content (AvgIpc) is 3.19. The molecule has 22 heavy (non-hydrogen) atoms. The van der Waals surface area contributed by atoms with Gasteiger partial charge in [-0.25, -0.2) is 4.39 Å². The topological polar surface area (TPSA) is 33.5 Å². The van der Waals surface area contributed by atoms with Crippen molar-refractivity contribution in [3.63, 3.8) is 0 Å². The molecule has 2 aromatic rings. The number of rotatable bonds is 5. The van der Waals surface area contributed by atoms with E-state index in [1.807, 2.05) is 17.5 Å². The number of likely N-dealkylation sites (tertiary alicyclic amines) is 1. The maximum atomic E-state index is 13.1. The van der Waals surface area contributed by atoms with E-state index in [1.54, 1.807) is 23.5 Å². The number of quaternary nitrogens is 1. The number of thiophene rings is 1. The van der Waals surface area contributed by atoms with E-state index in [9.17, 15) is 9.18 Å². The number of halogens is 1. The highest BCUT2D eigenvalue weighted by atomic mass is 32.1. The van der Waals surface area contributed by atoms with E-state index in [-0.39, 0.29) is 17.8 Å². The quantitative estimate of drug-likeness (QED) is 0.865. The Kier molecular flexibility index (Phi) is 4.85. The van der Waals surface area contributed by atoms with Gasteiger partial charge in [-0.05, 0) is 29.1 Å². The zero-order valence-electron chi connectivity index (χ0n) is 12.3. The average molecular weight is 319 g/mol. The number of hydrogen-bond donors (Lipinski definition) is 2. The first-order valence-corrected chi connectivity index (χ1v) is 8.52. The van der Waals surface area contributed by atoms with Crippen LogP contribution in [0, 0.1) is 5.82 Å². The molecule has 0 saturated carbocycles. The second-order valence-corrected chi connectivity index (χ2v) is 6.68. The Hall–Kier alpha value is -1.72. The van der Waals surface area contributed by atoms with Crippen molar-refractivity contribution in [2.45, 2.75) is 18.9 Å². The third-order valence-corrected chi connectivity index (χ3v) is 4.99. The molecule has 0 unspecified atom stereocenters. The molecular formula is C17H20FN2OS+. The number of amides is 1. The first-order chi connectivity index (χ1) is 10.7. The lowest BCUT2D eigenvalue weighted by Crippen LogP contribution is -3.11. The molecule has 3 nitrogen and oxygen atoms in total. The summed E-state index contributed by atoms with van der Waals surface area (Å²) >= 11 is 1.60. The summed E-state index contributed by atoms with van der Waals surface area (Å²) in [5.41, 5.74) is 0.911. The van der Waals surface area contributed by atoms with Crippen molar-refractivity contribution in [1.82, 2.24) is 5.32 Å². The molecule has 5 heteroatoms. The third-order valence-electron chi connectivity index (χ3n) is 4.06. The summed E-state index contributed by atoms with van der Waals surface area (Å²) in [6.45, 7) is 2.67. The molecule has 3 rings (SSSR count). The fourth-order valence-electron chi connectivity index (χ4n) is 2.92. The lowest BCUT2D eigenvalue weighted by atomic mass is 10.1. The van der Waals surface area contributed by atoms with E-state index in [4.69, 9.17) is 0 Å². The van der Waals surface area contributed by atoms with Crippen molar-refractivity contribution in [1.29, 1.82) is 0 Å². The van der Waals surface area contributed by atoms with Crippen molar-refractivity contribution in [2.75, 3.05) is 19.6 Å². The zero-order chi connectivity index (χ0) is 15.4. The molecule has 1 fully saturated rings. The van der Waals surface area contributed by atoms with Crippen LogP contribution < -0.4 is 10.2 Å². The Balaban J connectivity index is 1.74. The van der Waals surface area contributed by atoms with E-state index in [0.717, 1.165) is 23.5 Å². The highest BCUT2D eigenvalue weighted by molar-refractivity contribution is 7.10. The maximum absolute atomic E-state index is 13.1. The second-order valence-electron chi connectivity index (χ2n) is 5.70. The van der Waals surface area contributed by atoms with Crippen LogP contribution in [0.3, 0.4) is 0 Å². The molecule has 1 saturated heterocycles. The molecule has 0 spiro atoms. The van der Waals surface area contributed by atoms with Crippen molar-refractivity contribution >= 4 is 17.2 Å². The molecule has 0 bridgehead atoms. The lowest BCUT2D eigenvalue weighted by Gasteiger charge is -2.19. The molecule has 0 radical (unpaired) electrons. The van der Waals surface area contributed by atoms with Gasteiger partial charge in [0.1, 0.15) is 5.82 Å². The summed E-state index contributed by atoms with van der Waals surface area (Å²) < 4.78 is 13.1. The van der Waals surface area contributed by atoms with Crippen LogP contribution in [0.5, 0.6) is 0 Å². The minimum Gasteiger partial charge on any atom is -0.339 e. The minimum atomic E-state index is -0.262. The first-order valence-electron chi connectivity index (χ1n) is 7.64. The first kappa shape index (κ1) is 15.2. The smallest absolute Gasteiger partial charge is 0.275 e.